The predicted molar refractivity (Wildman–Crippen MR) is 185 cm³/mol. The van der Waals surface area contributed by atoms with Gasteiger partial charge in [-0.2, -0.15) is 0 Å². The molecule has 0 radical (unpaired) electrons. The van der Waals surface area contributed by atoms with Gasteiger partial charge in [0.05, 0.1) is 0 Å². The molecule has 44 heavy (non-hydrogen) atoms. The van der Waals surface area contributed by atoms with E-state index in [0.717, 1.165) is 70.6 Å². The first-order valence-electron chi connectivity index (χ1n) is 18.8. The summed E-state index contributed by atoms with van der Waals surface area (Å²) in [6.07, 6.45) is 37.6. The first-order chi connectivity index (χ1) is 21.5. The van der Waals surface area contributed by atoms with Crippen molar-refractivity contribution in [1.82, 2.24) is 5.32 Å². The molecule has 0 rings (SSSR count). The van der Waals surface area contributed by atoms with Crippen LogP contribution in [0.15, 0.2) is 12.2 Å². The maximum atomic E-state index is 12.6. The fourth-order valence-corrected chi connectivity index (χ4v) is 5.63. The highest BCUT2D eigenvalue weighted by Crippen LogP contribution is 2.18. The number of carboxylic acids is 1. The van der Waals surface area contributed by atoms with Crippen molar-refractivity contribution in [3.63, 3.8) is 0 Å². The number of hydrogen-bond donors (Lipinski definition) is 2. The molecule has 0 fully saturated rings. The Labute approximate surface area is 271 Å². The Morgan fingerprint density at radius 1 is 0.568 bits per heavy atom. The molecule has 0 aromatic heterocycles. The summed E-state index contributed by atoms with van der Waals surface area (Å²) in [5.41, 5.74) is 0. The second kappa shape index (κ2) is 34.0. The van der Waals surface area contributed by atoms with Crippen LogP contribution in [0.3, 0.4) is 0 Å². The van der Waals surface area contributed by atoms with E-state index in [1.54, 1.807) is 0 Å². The minimum atomic E-state index is -1.02. The number of hydrogen-bond acceptors (Lipinski definition) is 4. The topological polar surface area (TPSA) is 92.7 Å². The molecule has 0 aliphatic rings. The third-order valence-corrected chi connectivity index (χ3v) is 8.44. The molecule has 6 nitrogen and oxygen atoms in total. The molecule has 0 saturated heterocycles. The number of carbonyl (C=O) groups excluding carboxylic acids is 2. The third-order valence-electron chi connectivity index (χ3n) is 8.44. The fourth-order valence-electron chi connectivity index (χ4n) is 5.63. The number of unbranched alkanes of at least 4 members (excludes halogenated alkanes) is 21. The van der Waals surface area contributed by atoms with E-state index in [9.17, 15) is 14.4 Å². The quantitative estimate of drug-likeness (QED) is 0.0423. The second-order valence-corrected chi connectivity index (χ2v) is 12.8. The minimum absolute atomic E-state index is 0.0198. The van der Waals surface area contributed by atoms with Crippen molar-refractivity contribution in [2.45, 2.75) is 206 Å². The number of aliphatic carboxylic acids is 1. The van der Waals surface area contributed by atoms with Gasteiger partial charge in [0.25, 0.3) is 0 Å². The number of rotatable bonds is 34. The van der Waals surface area contributed by atoms with E-state index < -0.39 is 5.97 Å². The molecule has 0 aliphatic carbocycles. The monoisotopic (exact) mass is 622 g/mol. The van der Waals surface area contributed by atoms with Crippen molar-refractivity contribution >= 4 is 17.8 Å². The van der Waals surface area contributed by atoms with Crippen LogP contribution in [-0.2, 0) is 19.1 Å². The normalized spacial score (nSPS) is 12.0. The first-order valence-corrected chi connectivity index (χ1v) is 18.8. The van der Waals surface area contributed by atoms with Crippen LogP contribution in [0.5, 0.6) is 0 Å². The molecular formula is C38H71NO5. The first kappa shape index (κ1) is 42.1. The van der Waals surface area contributed by atoms with Gasteiger partial charge >= 0.3 is 11.9 Å². The predicted octanol–water partition coefficient (Wildman–Crippen LogP) is 11.0. The average Bonchev–Trinajstić information content (AvgIpc) is 3.00. The lowest BCUT2D eigenvalue weighted by atomic mass is 10.0. The zero-order chi connectivity index (χ0) is 32.4. The SMILES string of the molecule is CCCCCCCCCC/C=C\CCCCCC(CCCCCCCC(=O)NCC(=O)O)OC(=O)CCCCCCCCC. The van der Waals surface area contributed by atoms with Crippen molar-refractivity contribution in [2.24, 2.45) is 0 Å². The van der Waals surface area contributed by atoms with E-state index in [0.29, 0.717) is 12.8 Å². The molecule has 0 aromatic carbocycles. The van der Waals surface area contributed by atoms with Crippen LogP contribution in [0.25, 0.3) is 0 Å². The Morgan fingerprint density at radius 2 is 0.977 bits per heavy atom. The molecule has 1 unspecified atom stereocenters. The van der Waals surface area contributed by atoms with Crippen LogP contribution in [0, 0.1) is 0 Å². The number of carbonyl (C=O) groups is 3. The minimum Gasteiger partial charge on any atom is -0.480 e. The van der Waals surface area contributed by atoms with Gasteiger partial charge in [-0.15, -0.1) is 0 Å². The van der Waals surface area contributed by atoms with Crippen LogP contribution in [-0.4, -0.2) is 35.6 Å². The van der Waals surface area contributed by atoms with Gasteiger partial charge in [0.2, 0.25) is 5.91 Å². The number of amides is 1. The summed E-state index contributed by atoms with van der Waals surface area (Å²) in [6, 6.07) is 0. The number of esters is 1. The van der Waals surface area contributed by atoms with Gasteiger partial charge in [0, 0.05) is 12.8 Å². The summed E-state index contributed by atoms with van der Waals surface area (Å²) in [4.78, 5) is 34.7. The average molecular weight is 622 g/mol. The molecule has 6 heteroatoms. The van der Waals surface area contributed by atoms with Gasteiger partial charge in [0.1, 0.15) is 12.6 Å². The Balaban J connectivity index is 4.15. The summed E-state index contributed by atoms with van der Waals surface area (Å²) in [5, 5.41) is 11.0. The van der Waals surface area contributed by atoms with E-state index in [-0.39, 0.29) is 24.5 Å². The van der Waals surface area contributed by atoms with E-state index in [2.05, 4.69) is 31.3 Å². The van der Waals surface area contributed by atoms with Crippen molar-refractivity contribution in [2.75, 3.05) is 6.54 Å². The zero-order valence-electron chi connectivity index (χ0n) is 29.0. The van der Waals surface area contributed by atoms with Gasteiger partial charge < -0.3 is 15.2 Å². The lowest BCUT2D eigenvalue weighted by Gasteiger charge is -2.18. The fraction of sp³-hybridized carbons (Fsp3) is 0.868. The molecule has 0 aromatic rings. The summed E-state index contributed by atoms with van der Waals surface area (Å²) in [7, 11) is 0. The second-order valence-electron chi connectivity index (χ2n) is 12.8. The molecule has 0 heterocycles. The molecule has 1 atom stereocenters. The van der Waals surface area contributed by atoms with Crippen LogP contribution in [0.1, 0.15) is 200 Å². The van der Waals surface area contributed by atoms with Crippen LogP contribution in [0.4, 0.5) is 0 Å². The maximum absolute atomic E-state index is 12.6. The van der Waals surface area contributed by atoms with E-state index in [1.165, 1.54) is 103 Å². The Kier molecular flexibility index (Phi) is 32.6. The maximum Gasteiger partial charge on any atom is 0.322 e. The molecule has 0 saturated carbocycles. The summed E-state index contributed by atoms with van der Waals surface area (Å²) >= 11 is 0. The van der Waals surface area contributed by atoms with Crippen molar-refractivity contribution in [3.8, 4) is 0 Å². The molecule has 0 bridgehead atoms. The summed E-state index contributed by atoms with van der Waals surface area (Å²) in [5.74, 6) is -1.24. The van der Waals surface area contributed by atoms with Gasteiger partial charge in [-0.3, -0.25) is 14.4 Å². The Bertz CT molecular complexity index is 693. The van der Waals surface area contributed by atoms with E-state index in [4.69, 9.17) is 9.84 Å². The van der Waals surface area contributed by atoms with E-state index >= 15 is 0 Å². The lowest BCUT2D eigenvalue weighted by molar-refractivity contribution is -0.150. The highest BCUT2D eigenvalue weighted by Gasteiger charge is 2.14. The summed E-state index contributed by atoms with van der Waals surface area (Å²) < 4.78 is 5.97. The molecule has 258 valence electrons. The molecule has 1 amide bonds. The Hall–Kier alpha value is -1.85. The largest absolute Gasteiger partial charge is 0.480 e. The van der Waals surface area contributed by atoms with Crippen LogP contribution < -0.4 is 5.32 Å². The number of ether oxygens (including phenoxy) is 1. The smallest absolute Gasteiger partial charge is 0.322 e. The van der Waals surface area contributed by atoms with Gasteiger partial charge in [0.15, 0.2) is 0 Å². The zero-order valence-corrected chi connectivity index (χ0v) is 29.0. The molecule has 0 aliphatic heterocycles. The third kappa shape index (κ3) is 33.1. The van der Waals surface area contributed by atoms with Gasteiger partial charge in [-0.25, -0.2) is 0 Å². The number of nitrogens with one attached hydrogen (secondary N) is 1. The van der Waals surface area contributed by atoms with Gasteiger partial charge in [-0.05, 0) is 64.2 Å². The van der Waals surface area contributed by atoms with E-state index in [1.807, 2.05) is 0 Å². The Morgan fingerprint density at radius 3 is 1.48 bits per heavy atom. The molecule has 2 N–H and O–H groups in total. The van der Waals surface area contributed by atoms with Crippen LogP contribution >= 0.6 is 0 Å². The van der Waals surface area contributed by atoms with Gasteiger partial charge in [-0.1, -0.05) is 135 Å². The number of allylic oxidation sites excluding steroid dienone is 2. The molecular weight excluding hydrogens is 550 g/mol. The highest BCUT2D eigenvalue weighted by molar-refractivity contribution is 5.80. The standard InChI is InChI=1S/C38H71NO5/c1-3-5-7-9-11-12-13-14-15-16-17-18-20-22-26-30-35(44-38(43)33-29-25-19-10-8-6-4-2)31-27-23-21-24-28-32-36(40)39-34-37(41)42/h16-17,35H,3-15,18-34H2,1-2H3,(H,39,40)(H,41,42)/b17-16-. The van der Waals surface area contributed by atoms with Crippen molar-refractivity contribution in [1.29, 1.82) is 0 Å². The summed E-state index contributed by atoms with van der Waals surface area (Å²) in [6.45, 7) is 4.19. The molecule has 0 spiro atoms. The van der Waals surface area contributed by atoms with Crippen molar-refractivity contribution < 1.29 is 24.2 Å². The number of carboxylic acid groups (broad SMARTS) is 1. The lowest BCUT2D eigenvalue weighted by Crippen LogP contribution is -2.28. The highest BCUT2D eigenvalue weighted by atomic mass is 16.5. The van der Waals surface area contributed by atoms with Crippen LogP contribution in [0.2, 0.25) is 0 Å². The van der Waals surface area contributed by atoms with Crippen molar-refractivity contribution in [3.05, 3.63) is 12.2 Å².